The van der Waals surface area contributed by atoms with E-state index >= 15 is 0 Å². The van der Waals surface area contributed by atoms with E-state index in [9.17, 15) is 9.59 Å². The molecule has 0 aliphatic carbocycles. The quantitative estimate of drug-likeness (QED) is 0.761. The summed E-state index contributed by atoms with van der Waals surface area (Å²) in [5, 5.41) is 0. The molecule has 0 radical (unpaired) electrons. The number of carbonyl (C=O) groups excluding carboxylic acids is 2. The van der Waals surface area contributed by atoms with Crippen LogP contribution in [0, 0.1) is 0 Å². The molecule has 0 unspecified atom stereocenters. The average molecular weight is 350 g/mol. The third-order valence-electron chi connectivity index (χ3n) is 4.32. The molecule has 1 fully saturated rings. The van der Waals surface area contributed by atoms with Gasteiger partial charge in [0.1, 0.15) is 11.4 Å². The van der Waals surface area contributed by atoms with Crippen LogP contribution in [0.3, 0.4) is 0 Å². The maximum absolute atomic E-state index is 12.6. The van der Waals surface area contributed by atoms with Gasteiger partial charge in [-0.2, -0.15) is 0 Å². The molecule has 1 aromatic heterocycles. The summed E-state index contributed by atoms with van der Waals surface area (Å²) >= 11 is 0. The molecular weight excluding hydrogens is 324 g/mol. The van der Waals surface area contributed by atoms with Crippen LogP contribution in [0.15, 0.2) is 4.42 Å². The van der Waals surface area contributed by atoms with Gasteiger partial charge in [0.2, 0.25) is 0 Å². The highest BCUT2D eigenvalue weighted by atomic mass is 16.6. The van der Waals surface area contributed by atoms with E-state index < -0.39 is 5.60 Å². The van der Waals surface area contributed by atoms with Crippen LogP contribution in [0.5, 0.6) is 0 Å². The first-order valence-corrected chi connectivity index (χ1v) is 8.67. The Kier molecular flexibility index (Phi) is 4.73. The van der Waals surface area contributed by atoms with Gasteiger partial charge in [-0.1, -0.05) is 0 Å². The first kappa shape index (κ1) is 17.7. The lowest BCUT2D eigenvalue weighted by molar-refractivity contribution is 0.0136. The summed E-state index contributed by atoms with van der Waals surface area (Å²) in [6, 6.07) is 0. The zero-order valence-corrected chi connectivity index (χ0v) is 15.4. The van der Waals surface area contributed by atoms with Gasteiger partial charge in [0, 0.05) is 39.1 Å². The molecule has 0 bridgehead atoms. The molecule has 0 N–H and O–H groups in total. The number of carbonyl (C=O) groups is 2. The van der Waals surface area contributed by atoms with Crippen LogP contribution in [0.2, 0.25) is 0 Å². The van der Waals surface area contributed by atoms with E-state index in [1.807, 2.05) is 27.8 Å². The van der Waals surface area contributed by atoms with E-state index in [4.69, 9.17) is 9.15 Å². The largest absolute Gasteiger partial charge is 0.444 e. The number of rotatable bonds is 1. The molecule has 25 heavy (non-hydrogen) atoms. The zero-order valence-electron chi connectivity index (χ0n) is 15.4. The molecule has 2 aliphatic heterocycles. The van der Waals surface area contributed by atoms with Gasteiger partial charge in [0.15, 0.2) is 0 Å². The maximum Gasteiger partial charge on any atom is 0.410 e. The molecular formula is C17H26N4O4. The predicted molar refractivity (Wildman–Crippen MR) is 90.3 cm³/mol. The predicted octanol–water partition coefficient (Wildman–Crippen LogP) is 1.36. The van der Waals surface area contributed by atoms with Gasteiger partial charge < -0.3 is 19.0 Å². The van der Waals surface area contributed by atoms with Crippen molar-refractivity contribution < 1.29 is 18.7 Å². The smallest absolute Gasteiger partial charge is 0.410 e. The van der Waals surface area contributed by atoms with Crippen LogP contribution in [-0.4, -0.2) is 77.1 Å². The monoisotopic (exact) mass is 350 g/mol. The fourth-order valence-electron chi connectivity index (χ4n) is 2.97. The standard InChI is InChI=1S/C17H26N4O4/c1-17(2,3)25-16(23)21-9-7-20(8-10-21)15(22)14-18-12-5-6-19(4)11-13(12)24-14/h5-11H2,1-4H3. The van der Waals surface area contributed by atoms with Crippen molar-refractivity contribution in [3.8, 4) is 0 Å². The highest BCUT2D eigenvalue weighted by Gasteiger charge is 2.31. The van der Waals surface area contributed by atoms with Gasteiger partial charge in [-0.25, -0.2) is 9.78 Å². The number of ether oxygens (including phenoxy) is 1. The van der Waals surface area contributed by atoms with E-state index in [0.29, 0.717) is 32.7 Å². The summed E-state index contributed by atoms with van der Waals surface area (Å²) in [7, 11) is 2.02. The van der Waals surface area contributed by atoms with Gasteiger partial charge in [-0.3, -0.25) is 9.69 Å². The second-order valence-electron chi connectivity index (χ2n) is 7.64. The van der Waals surface area contributed by atoms with Gasteiger partial charge in [0.25, 0.3) is 5.89 Å². The molecule has 8 heteroatoms. The third-order valence-corrected chi connectivity index (χ3v) is 4.32. The van der Waals surface area contributed by atoms with Crippen LogP contribution in [-0.2, 0) is 17.7 Å². The molecule has 8 nitrogen and oxygen atoms in total. The fourth-order valence-corrected chi connectivity index (χ4v) is 2.97. The summed E-state index contributed by atoms with van der Waals surface area (Å²) in [4.78, 5) is 34.5. The lowest BCUT2D eigenvalue weighted by Gasteiger charge is -2.35. The lowest BCUT2D eigenvalue weighted by Crippen LogP contribution is -2.51. The summed E-state index contributed by atoms with van der Waals surface area (Å²) in [6.07, 6.45) is 0.462. The fraction of sp³-hybridized carbons (Fsp3) is 0.706. The summed E-state index contributed by atoms with van der Waals surface area (Å²) < 4.78 is 11.1. The van der Waals surface area contributed by atoms with Gasteiger partial charge in [-0.05, 0) is 27.8 Å². The van der Waals surface area contributed by atoms with Crippen molar-refractivity contribution >= 4 is 12.0 Å². The highest BCUT2D eigenvalue weighted by molar-refractivity contribution is 5.90. The maximum atomic E-state index is 12.6. The highest BCUT2D eigenvalue weighted by Crippen LogP contribution is 2.20. The number of likely N-dealkylation sites (N-methyl/N-ethyl adjacent to an activating group) is 1. The van der Waals surface area contributed by atoms with Crippen molar-refractivity contribution in [3.05, 3.63) is 17.3 Å². The van der Waals surface area contributed by atoms with E-state index in [-0.39, 0.29) is 17.9 Å². The molecule has 1 saturated heterocycles. The Morgan fingerprint density at radius 3 is 2.36 bits per heavy atom. The number of piperazine rings is 1. The van der Waals surface area contributed by atoms with Crippen LogP contribution in [0.25, 0.3) is 0 Å². The number of amides is 2. The van der Waals surface area contributed by atoms with E-state index in [2.05, 4.69) is 9.88 Å². The molecule has 0 spiro atoms. The molecule has 2 amide bonds. The van der Waals surface area contributed by atoms with Crippen molar-refractivity contribution in [3.63, 3.8) is 0 Å². The van der Waals surface area contributed by atoms with Crippen LogP contribution >= 0.6 is 0 Å². The van der Waals surface area contributed by atoms with Crippen LogP contribution in [0.1, 0.15) is 42.9 Å². The zero-order chi connectivity index (χ0) is 18.2. The Labute approximate surface area is 147 Å². The summed E-state index contributed by atoms with van der Waals surface area (Å²) in [5.74, 6) is 0.733. The number of hydrogen-bond donors (Lipinski definition) is 0. The second kappa shape index (κ2) is 6.67. The Morgan fingerprint density at radius 2 is 1.72 bits per heavy atom. The topological polar surface area (TPSA) is 79.1 Å². The van der Waals surface area contributed by atoms with Gasteiger partial charge in [0.05, 0.1) is 12.2 Å². The number of nitrogens with zero attached hydrogens (tertiary/aromatic N) is 4. The summed E-state index contributed by atoms with van der Waals surface area (Å²) in [6.45, 7) is 8.92. The summed E-state index contributed by atoms with van der Waals surface area (Å²) in [5.41, 5.74) is 0.364. The first-order valence-electron chi connectivity index (χ1n) is 8.67. The van der Waals surface area contributed by atoms with Crippen molar-refractivity contribution in [2.24, 2.45) is 0 Å². The first-order chi connectivity index (χ1) is 11.7. The van der Waals surface area contributed by atoms with Crippen molar-refractivity contribution in [2.45, 2.75) is 39.3 Å². The molecule has 3 rings (SSSR count). The molecule has 138 valence electrons. The van der Waals surface area contributed by atoms with E-state index in [1.165, 1.54) is 0 Å². The number of hydrogen-bond acceptors (Lipinski definition) is 6. The minimum atomic E-state index is -0.519. The molecule has 0 atom stereocenters. The third kappa shape index (κ3) is 4.12. The Hall–Kier alpha value is -2.09. The number of fused-ring (bicyclic) bond motifs is 1. The minimum absolute atomic E-state index is 0.158. The minimum Gasteiger partial charge on any atom is -0.444 e. The van der Waals surface area contributed by atoms with Gasteiger partial charge >= 0.3 is 12.0 Å². The molecule has 3 heterocycles. The molecule has 0 aromatic carbocycles. The Morgan fingerprint density at radius 1 is 1.08 bits per heavy atom. The van der Waals surface area contributed by atoms with Crippen molar-refractivity contribution in [1.29, 1.82) is 0 Å². The van der Waals surface area contributed by atoms with Crippen LogP contribution < -0.4 is 0 Å². The average Bonchev–Trinajstić information content (AvgIpc) is 2.95. The van der Waals surface area contributed by atoms with Gasteiger partial charge in [-0.15, -0.1) is 0 Å². The van der Waals surface area contributed by atoms with Crippen LogP contribution in [0.4, 0.5) is 4.79 Å². The Balaban J connectivity index is 1.58. The normalized spacial score (nSPS) is 18.9. The van der Waals surface area contributed by atoms with E-state index in [0.717, 1.165) is 24.4 Å². The number of oxazole rings is 1. The lowest BCUT2D eigenvalue weighted by atomic mass is 10.2. The SMILES string of the molecule is CN1CCc2nc(C(=O)N3CCN(C(=O)OC(C)(C)C)CC3)oc2C1. The Bertz CT molecular complexity index is 656. The molecule has 0 saturated carbocycles. The number of aromatic nitrogens is 1. The van der Waals surface area contributed by atoms with Crippen molar-refractivity contribution in [2.75, 3.05) is 39.8 Å². The van der Waals surface area contributed by atoms with Crippen molar-refractivity contribution in [1.82, 2.24) is 19.7 Å². The molecule has 1 aromatic rings. The second-order valence-corrected chi connectivity index (χ2v) is 7.64. The van der Waals surface area contributed by atoms with E-state index in [1.54, 1.807) is 9.80 Å². The molecule has 2 aliphatic rings.